The van der Waals surface area contributed by atoms with Gasteiger partial charge in [-0.2, -0.15) is 11.3 Å². The Labute approximate surface area is 146 Å². The highest BCUT2D eigenvalue weighted by atomic mass is 32.2. The number of anilines is 1. The zero-order valence-electron chi connectivity index (χ0n) is 13.8. The van der Waals surface area contributed by atoms with E-state index >= 15 is 0 Å². The first-order valence-corrected chi connectivity index (χ1v) is 10.1. The van der Waals surface area contributed by atoms with E-state index in [1.165, 1.54) is 6.07 Å². The lowest BCUT2D eigenvalue weighted by Gasteiger charge is -2.24. The summed E-state index contributed by atoms with van der Waals surface area (Å²) in [6.07, 6.45) is 1.07. The van der Waals surface area contributed by atoms with E-state index in [0.717, 1.165) is 11.8 Å². The Morgan fingerprint density at radius 2 is 2.04 bits per heavy atom. The molecule has 2 aromatic rings. The molecule has 2 rings (SSSR count). The van der Waals surface area contributed by atoms with Gasteiger partial charge in [0.1, 0.15) is 0 Å². The van der Waals surface area contributed by atoms with Gasteiger partial charge < -0.3 is 10.2 Å². The normalized spacial score (nSPS) is 12.8. The molecule has 0 radical (unpaired) electrons. The molecule has 0 aliphatic rings. The molecule has 0 unspecified atom stereocenters. The predicted octanol–water partition coefficient (Wildman–Crippen LogP) is 2.15. The van der Waals surface area contributed by atoms with Crippen molar-refractivity contribution in [1.29, 1.82) is 0 Å². The number of rotatable bonds is 7. The number of benzene rings is 1. The Morgan fingerprint density at radius 3 is 2.62 bits per heavy atom. The first-order valence-electron chi connectivity index (χ1n) is 7.31. The van der Waals surface area contributed by atoms with Crippen molar-refractivity contribution in [2.75, 3.05) is 31.6 Å². The van der Waals surface area contributed by atoms with Crippen molar-refractivity contribution >= 4 is 33.0 Å². The zero-order valence-corrected chi connectivity index (χ0v) is 15.4. The van der Waals surface area contributed by atoms with E-state index in [9.17, 15) is 13.2 Å². The van der Waals surface area contributed by atoms with Crippen LogP contribution in [-0.4, -0.2) is 46.1 Å². The lowest BCUT2D eigenvalue weighted by atomic mass is 10.1. The average molecular weight is 367 g/mol. The first-order chi connectivity index (χ1) is 11.3. The second-order valence-corrected chi connectivity index (χ2v) is 8.23. The number of carbonyl (C=O) groups excluding carboxylic acids is 1. The maximum absolute atomic E-state index is 12.4. The molecule has 0 spiro atoms. The molecular formula is C16H21N3O3S2. The molecule has 1 aromatic carbocycles. The maximum atomic E-state index is 12.4. The molecule has 0 fully saturated rings. The Balaban J connectivity index is 2.05. The summed E-state index contributed by atoms with van der Waals surface area (Å²) in [5.74, 6) is -0.241. The molecule has 6 nitrogen and oxygen atoms in total. The minimum atomic E-state index is -3.37. The van der Waals surface area contributed by atoms with Crippen LogP contribution in [0.3, 0.4) is 0 Å². The third-order valence-corrected chi connectivity index (χ3v) is 4.74. The van der Waals surface area contributed by atoms with Gasteiger partial charge in [-0.25, -0.2) is 8.42 Å². The van der Waals surface area contributed by atoms with Gasteiger partial charge in [-0.3, -0.25) is 9.52 Å². The van der Waals surface area contributed by atoms with Crippen molar-refractivity contribution in [1.82, 2.24) is 10.2 Å². The Bertz CT molecular complexity index is 787. The number of likely N-dealkylation sites (N-methyl/N-ethyl adjacent to an activating group) is 1. The second kappa shape index (κ2) is 7.78. The largest absolute Gasteiger partial charge is 0.350 e. The minimum Gasteiger partial charge on any atom is -0.350 e. The smallest absolute Gasteiger partial charge is 0.251 e. The molecule has 0 saturated carbocycles. The highest BCUT2D eigenvalue weighted by Gasteiger charge is 2.16. The van der Waals surface area contributed by atoms with Crippen LogP contribution in [0.2, 0.25) is 0 Å². The summed E-state index contributed by atoms with van der Waals surface area (Å²) < 4.78 is 24.9. The van der Waals surface area contributed by atoms with E-state index in [4.69, 9.17) is 0 Å². The summed E-state index contributed by atoms with van der Waals surface area (Å²) in [4.78, 5) is 14.4. The van der Waals surface area contributed by atoms with E-state index in [0.29, 0.717) is 17.8 Å². The van der Waals surface area contributed by atoms with Crippen LogP contribution in [0.25, 0.3) is 0 Å². The van der Waals surface area contributed by atoms with E-state index in [-0.39, 0.29) is 11.9 Å². The Morgan fingerprint density at radius 1 is 1.29 bits per heavy atom. The van der Waals surface area contributed by atoms with Crippen molar-refractivity contribution in [2.45, 2.75) is 6.04 Å². The van der Waals surface area contributed by atoms with Crippen LogP contribution in [0.1, 0.15) is 22.0 Å². The van der Waals surface area contributed by atoms with Gasteiger partial charge in [0.05, 0.1) is 12.3 Å². The lowest BCUT2D eigenvalue weighted by molar-refractivity contribution is 0.0942. The number of hydrogen-bond acceptors (Lipinski definition) is 5. The quantitative estimate of drug-likeness (QED) is 0.786. The third kappa shape index (κ3) is 5.33. The number of sulfonamides is 1. The average Bonchev–Trinajstić information content (AvgIpc) is 2.99. The molecule has 24 heavy (non-hydrogen) atoms. The molecule has 0 aliphatic carbocycles. The molecule has 1 heterocycles. The number of nitrogens with zero attached hydrogens (tertiary/aromatic N) is 1. The number of hydrogen-bond donors (Lipinski definition) is 2. The predicted molar refractivity (Wildman–Crippen MR) is 98.0 cm³/mol. The van der Waals surface area contributed by atoms with Crippen molar-refractivity contribution < 1.29 is 13.2 Å². The van der Waals surface area contributed by atoms with Crippen LogP contribution >= 0.6 is 11.3 Å². The van der Waals surface area contributed by atoms with Crippen LogP contribution in [0.15, 0.2) is 41.1 Å². The molecule has 0 aliphatic heterocycles. The summed E-state index contributed by atoms with van der Waals surface area (Å²) in [6.45, 7) is 0.465. The van der Waals surface area contributed by atoms with Crippen molar-refractivity contribution in [3.8, 4) is 0 Å². The molecule has 1 aromatic heterocycles. The lowest BCUT2D eigenvalue weighted by Crippen LogP contribution is -2.34. The molecule has 8 heteroatoms. The summed E-state index contributed by atoms with van der Waals surface area (Å²) in [7, 11) is 0.553. The van der Waals surface area contributed by atoms with Crippen LogP contribution in [-0.2, 0) is 10.0 Å². The monoisotopic (exact) mass is 367 g/mol. The highest BCUT2D eigenvalue weighted by molar-refractivity contribution is 7.92. The van der Waals surface area contributed by atoms with Crippen molar-refractivity contribution in [2.24, 2.45) is 0 Å². The van der Waals surface area contributed by atoms with Gasteiger partial charge >= 0.3 is 0 Å². The van der Waals surface area contributed by atoms with Gasteiger partial charge in [-0.05, 0) is 54.7 Å². The van der Waals surface area contributed by atoms with E-state index in [2.05, 4.69) is 15.4 Å². The molecule has 0 bridgehead atoms. The molecule has 130 valence electrons. The topological polar surface area (TPSA) is 78.5 Å². The molecular weight excluding hydrogens is 346 g/mol. The fourth-order valence-corrected chi connectivity index (χ4v) is 3.55. The van der Waals surface area contributed by atoms with Gasteiger partial charge in [0.2, 0.25) is 10.0 Å². The van der Waals surface area contributed by atoms with Crippen LogP contribution in [0.5, 0.6) is 0 Å². The molecule has 0 saturated heterocycles. The van der Waals surface area contributed by atoms with Crippen LogP contribution < -0.4 is 10.0 Å². The standard InChI is InChI=1S/C16H21N3O3S2/c1-19(2)15(13-7-8-23-11-13)10-17-16(20)12-5-4-6-14(9-12)18-24(3,21)22/h4-9,11,15,18H,10H2,1-3H3,(H,17,20)/t15-/m0/s1. The van der Waals surface area contributed by atoms with E-state index in [1.54, 1.807) is 29.5 Å². The fourth-order valence-electron chi connectivity index (χ4n) is 2.29. The Hall–Kier alpha value is -1.90. The van der Waals surface area contributed by atoms with Gasteiger partial charge in [0, 0.05) is 17.8 Å². The van der Waals surface area contributed by atoms with Crippen LogP contribution in [0.4, 0.5) is 5.69 Å². The van der Waals surface area contributed by atoms with Crippen molar-refractivity contribution in [3.63, 3.8) is 0 Å². The summed E-state index contributed by atoms with van der Waals surface area (Å²) >= 11 is 1.62. The van der Waals surface area contributed by atoms with Crippen LogP contribution in [0, 0.1) is 0 Å². The fraction of sp³-hybridized carbons (Fsp3) is 0.312. The number of thiophene rings is 1. The molecule has 1 amide bonds. The van der Waals surface area contributed by atoms with E-state index < -0.39 is 10.0 Å². The van der Waals surface area contributed by atoms with Gasteiger partial charge in [0.15, 0.2) is 0 Å². The minimum absolute atomic E-state index is 0.0810. The molecule has 1 atom stereocenters. The zero-order chi connectivity index (χ0) is 17.7. The summed E-state index contributed by atoms with van der Waals surface area (Å²) in [5, 5.41) is 6.98. The number of carbonyl (C=O) groups is 1. The molecule has 2 N–H and O–H groups in total. The maximum Gasteiger partial charge on any atom is 0.251 e. The van der Waals surface area contributed by atoms with Gasteiger partial charge in [-0.1, -0.05) is 6.07 Å². The number of amides is 1. The number of nitrogens with one attached hydrogen (secondary N) is 2. The van der Waals surface area contributed by atoms with Gasteiger partial charge in [-0.15, -0.1) is 0 Å². The SMILES string of the molecule is CN(C)[C@@H](CNC(=O)c1cccc(NS(C)(=O)=O)c1)c1ccsc1. The van der Waals surface area contributed by atoms with E-state index in [1.807, 2.05) is 30.4 Å². The second-order valence-electron chi connectivity index (χ2n) is 5.70. The summed E-state index contributed by atoms with van der Waals surface area (Å²) in [5.41, 5.74) is 1.93. The van der Waals surface area contributed by atoms with Gasteiger partial charge in [0.25, 0.3) is 5.91 Å². The Kier molecular flexibility index (Phi) is 5.98. The third-order valence-electron chi connectivity index (χ3n) is 3.44. The summed E-state index contributed by atoms with van der Waals surface area (Å²) in [6, 6.07) is 8.54. The highest BCUT2D eigenvalue weighted by Crippen LogP contribution is 2.20. The first kappa shape index (κ1) is 18.4. The van der Waals surface area contributed by atoms with Crippen molar-refractivity contribution in [3.05, 3.63) is 52.2 Å².